The number of esters is 1. The Morgan fingerprint density at radius 3 is 2.37 bits per heavy atom. The highest BCUT2D eigenvalue weighted by Crippen LogP contribution is 2.35. The summed E-state index contributed by atoms with van der Waals surface area (Å²) in [6.07, 6.45) is 1.82. The highest BCUT2D eigenvalue weighted by Gasteiger charge is 2.35. The van der Waals surface area contributed by atoms with E-state index in [4.69, 9.17) is 4.74 Å². The standard InChI is InChI=1S/C21H20N2O3S/c1-14(2)23-19(24)18(27-21(23)22-17-7-5-4-6-8-17)13-15-9-11-16(12-10-15)20(25)26-3/h4-14H,1-3H3/b18-13+,22-21?. The van der Waals surface area contributed by atoms with Gasteiger partial charge in [0.05, 0.1) is 23.3 Å². The van der Waals surface area contributed by atoms with Gasteiger partial charge in [-0.2, -0.15) is 0 Å². The highest BCUT2D eigenvalue weighted by atomic mass is 32.2. The van der Waals surface area contributed by atoms with Gasteiger partial charge >= 0.3 is 5.97 Å². The molecule has 1 saturated heterocycles. The fourth-order valence-electron chi connectivity index (χ4n) is 2.62. The van der Waals surface area contributed by atoms with Crippen LogP contribution < -0.4 is 0 Å². The summed E-state index contributed by atoms with van der Waals surface area (Å²) in [4.78, 5) is 31.3. The summed E-state index contributed by atoms with van der Waals surface area (Å²) < 4.78 is 4.70. The number of carbonyl (C=O) groups excluding carboxylic acids is 2. The summed E-state index contributed by atoms with van der Waals surface area (Å²) in [6, 6.07) is 16.5. The van der Waals surface area contributed by atoms with Crippen LogP contribution in [0.3, 0.4) is 0 Å². The molecule has 5 nitrogen and oxygen atoms in total. The van der Waals surface area contributed by atoms with Crippen molar-refractivity contribution in [2.45, 2.75) is 19.9 Å². The van der Waals surface area contributed by atoms with Gasteiger partial charge in [0.1, 0.15) is 0 Å². The van der Waals surface area contributed by atoms with E-state index in [1.807, 2.05) is 50.3 Å². The normalized spacial score (nSPS) is 17.2. The van der Waals surface area contributed by atoms with Crippen molar-refractivity contribution in [3.63, 3.8) is 0 Å². The number of hydrogen-bond acceptors (Lipinski definition) is 5. The van der Waals surface area contributed by atoms with Crippen molar-refractivity contribution in [3.8, 4) is 0 Å². The van der Waals surface area contributed by atoms with Gasteiger partial charge in [-0.05, 0) is 61.5 Å². The molecule has 0 aliphatic carbocycles. The third-order valence-electron chi connectivity index (χ3n) is 3.96. The summed E-state index contributed by atoms with van der Waals surface area (Å²) in [6.45, 7) is 3.93. The summed E-state index contributed by atoms with van der Waals surface area (Å²) in [5.74, 6) is -0.453. The van der Waals surface area contributed by atoms with Crippen molar-refractivity contribution >= 4 is 40.6 Å². The molecule has 27 heavy (non-hydrogen) atoms. The molecular formula is C21H20N2O3S. The summed E-state index contributed by atoms with van der Waals surface area (Å²) in [5, 5.41) is 0.665. The van der Waals surface area contributed by atoms with E-state index < -0.39 is 0 Å². The number of ether oxygens (including phenoxy) is 1. The lowest BCUT2D eigenvalue weighted by atomic mass is 10.1. The second-order valence-electron chi connectivity index (χ2n) is 6.22. The van der Waals surface area contributed by atoms with Gasteiger partial charge in [-0.25, -0.2) is 9.79 Å². The number of methoxy groups -OCH3 is 1. The molecule has 0 radical (unpaired) electrons. The Morgan fingerprint density at radius 2 is 1.78 bits per heavy atom. The van der Waals surface area contributed by atoms with Crippen molar-refractivity contribution in [2.24, 2.45) is 4.99 Å². The molecule has 0 spiro atoms. The van der Waals surface area contributed by atoms with Gasteiger partial charge in [-0.3, -0.25) is 9.69 Å². The molecule has 1 fully saturated rings. The molecule has 0 aromatic heterocycles. The van der Waals surface area contributed by atoms with Crippen molar-refractivity contribution in [1.82, 2.24) is 4.90 Å². The average Bonchev–Trinajstić information content (AvgIpc) is 2.97. The van der Waals surface area contributed by atoms with E-state index >= 15 is 0 Å². The van der Waals surface area contributed by atoms with Crippen molar-refractivity contribution in [2.75, 3.05) is 7.11 Å². The van der Waals surface area contributed by atoms with Gasteiger partial charge in [0.2, 0.25) is 0 Å². The van der Waals surface area contributed by atoms with Crippen LogP contribution in [0.4, 0.5) is 5.69 Å². The van der Waals surface area contributed by atoms with E-state index in [0.717, 1.165) is 11.3 Å². The Labute approximate surface area is 162 Å². The maximum Gasteiger partial charge on any atom is 0.337 e. The Balaban J connectivity index is 1.90. The Hall–Kier alpha value is -2.86. The number of aliphatic imine (C=N–C) groups is 1. The minimum Gasteiger partial charge on any atom is -0.465 e. The Kier molecular flexibility index (Phi) is 5.76. The first kappa shape index (κ1) is 18.9. The van der Waals surface area contributed by atoms with Gasteiger partial charge in [-0.15, -0.1) is 0 Å². The van der Waals surface area contributed by atoms with Crippen LogP contribution in [0.25, 0.3) is 6.08 Å². The predicted octanol–water partition coefficient (Wildman–Crippen LogP) is 4.49. The van der Waals surface area contributed by atoms with Gasteiger partial charge in [-0.1, -0.05) is 30.3 Å². The summed E-state index contributed by atoms with van der Waals surface area (Å²) in [7, 11) is 1.35. The molecule has 0 N–H and O–H groups in total. The number of hydrogen-bond donors (Lipinski definition) is 0. The van der Waals surface area contributed by atoms with E-state index in [2.05, 4.69) is 4.99 Å². The smallest absolute Gasteiger partial charge is 0.337 e. The first-order chi connectivity index (χ1) is 13.0. The average molecular weight is 380 g/mol. The van der Waals surface area contributed by atoms with E-state index in [0.29, 0.717) is 15.6 Å². The number of nitrogens with zero attached hydrogens (tertiary/aromatic N) is 2. The first-order valence-electron chi connectivity index (χ1n) is 8.55. The molecular weight excluding hydrogens is 360 g/mol. The third kappa shape index (κ3) is 4.28. The molecule has 1 aliphatic rings. The molecule has 1 heterocycles. The van der Waals surface area contributed by atoms with Gasteiger partial charge in [0.15, 0.2) is 5.17 Å². The molecule has 138 valence electrons. The topological polar surface area (TPSA) is 59.0 Å². The molecule has 1 aliphatic heterocycles. The zero-order valence-electron chi connectivity index (χ0n) is 15.4. The predicted molar refractivity (Wildman–Crippen MR) is 109 cm³/mol. The van der Waals surface area contributed by atoms with Crippen molar-refractivity contribution < 1.29 is 14.3 Å². The zero-order valence-corrected chi connectivity index (χ0v) is 16.2. The van der Waals surface area contributed by atoms with E-state index in [-0.39, 0.29) is 17.9 Å². The minimum absolute atomic E-state index is 0.0000580. The maximum atomic E-state index is 12.9. The van der Waals surface area contributed by atoms with Gasteiger partial charge in [0, 0.05) is 6.04 Å². The second kappa shape index (κ2) is 8.22. The molecule has 0 atom stereocenters. The van der Waals surface area contributed by atoms with Crippen molar-refractivity contribution in [1.29, 1.82) is 0 Å². The second-order valence-corrected chi connectivity index (χ2v) is 7.23. The lowest BCUT2D eigenvalue weighted by molar-refractivity contribution is -0.123. The molecule has 2 aromatic carbocycles. The molecule has 6 heteroatoms. The van der Waals surface area contributed by atoms with Gasteiger partial charge < -0.3 is 4.74 Å². The number of carbonyl (C=O) groups is 2. The SMILES string of the molecule is COC(=O)c1ccc(/C=C2/SC(=Nc3ccccc3)N(C(C)C)C2=O)cc1. The van der Waals surface area contributed by atoms with Crippen LogP contribution in [-0.4, -0.2) is 35.1 Å². The van der Waals surface area contributed by atoms with Crippen LogP contribution >= 0.6 is 11.8 Å². The maximum absolute atomic E-state index is 12.9. The van der Waals surface area contributed by atoms with Gasteiger partial charge in [0.25, 0.3) is 5.91 Å². The Bertz CT molecular complexity index is 903. The first-order valence-corrected chi connectivity index (χ1v) is 9.36. The van der Waals surface area contributed by atoms with Crippen LogP contribution in [0.15, 0.2) is 64.5 Å². The fourth-order valence-corrected chi connectivity index (χ4v) is 3.74. The van der Waals surface area contributed by atoms with Crippen LogP contribution in [0, 0.1) is 0 Å². The number of amides is 1. The molecule has 3 rings (SSSR count). The Morgan fingerprint density at radius 1 is 1.11 bits per heavy atom. The summed E-state index contributed by atoms with van der Waals surface area (Å²) >= 11 is 1.36. The lowest BCUT2D eigenvalue weighted by Crippen LogP contribution is -2.35. The zero-order chi connectivity index (χ0) is 19.4. The highest BCUT2D eigenvalue weighted by molar-refractivity contribution is 8.18. The van der Waals surface area contributed by atoms with E-state index in [1.54, 1.807) is 29.2 Å². The molecule has 0 bridgehead atoms. The molecule has 2 aromatic rings. The largest absolute Gasteiger partial charge is 0.465 e. The minimum atomic E-state index is -0.385. The summed E-state index contributed by atoms with van der Waals surface area (Å²) in [5.41, 5.74) is 2.12. The van der Waals surface area contributed by atoms with Crippen LogP contribution in [0.2, 0.25) is 0 Å². The van der Waals surface area contributed by atoms with Crippen molar-refractivity contribution in [3.05, 3.63) is 70.6 Å². The lowest BCUT2D eigenvalue weighted by Gasteiger charge is -2.19. The monoisotopic (exact) mass is 380 g/mol. The van der Waals surface area contributed by atoms with Crippen LogP contribution in [0.1, 0.15) is 29.8 Å². The number of amidine groups is 1. The number of rotatable bonds is 4. The van der Waals surface area contributed by atoms with E-state index in [9.17, 15) is 9.59 Å². The third-order valence-corrected chi connectivity index (χ3v) is 4.95. The molecule has 1 amide bonds. The fraction of sp³-hybridized carbons (Fsp3) is 0.190. The van der Waals surface area contributed by atoms with Crippen LogP contribution in [-0.2, 0) is 9.53 Å². The van der Waals surface area contributed by atoms with E-state index in [1.165, 1.54) is 18.9 Å². The van der Waals surface area contributed by atoms with Crippen LogP contribution in [0.5, 0.6) is 0 Å². The number of para-hydroxylation sites is 1. The quantitative estimate of drug-likeness (QED) is 0.579. The number of benzene rings is 2. The molecule has 0 unspecified atom stereocenters. The number of thioether (sulfide) groups is 1. The molecule has 0 saturated carbocycles.